The number of hydrogen-bond acceptors (Lipinski definition) is 6. The van der Waals surface area contributed by atoms with Crippen molar-refractivity contribution in [2.45, 2.75) is 19.9 Å². The molecule has 0 saturated carbocycles. The van der Waals surface area contributed by atoms with E-state index in [1.54, 1.807) is 31.0 Å². The van der Waals surface area contributed by atoms with Crippen molar-refractivity contribution in [1.29, 1.82) is 0 Å². The normalized spacial score (nSPS) is 11.9. The number of amides is 1. The molecule has 3 heterocycles. The lowest BCUT2D eigenvalue weighted by Gasteiger charge is -2.16. The van der Waals surface area contributed by atoms with Crippen LogP contribution in [0.2, 0.25) is 0 Å². The number of benzene rings is 1. The number of nitrogens with one attached hydrogen (secondary N) is 3. The van der Waals surface area contributed by atoms with E-state index in [9.17, 15) is 4.79 Å². The summed E-state index contributed by atoms with van der Waals surface area (Å²) in [5, 5.41) is 6.23. The number of H-pyrrole nitrogens is 1. The monoisotopic (exact) mass is 373 g/mol. The first kappa shape index (κ1) is 17.6. The van der Waals surface area contributed by atoms with E-state index in [1.807, 2.05) is 38.1 Å². The minimum Gasteiger partial charge on any atom is -0.362 e. The van der Waals surface area contributed by atoms with Crippen LogP contribution in [-0.2, 0) is 0 Å². The molecule has 0 fully saturated rings. The Kier molecular flexibility index (Phi) is 4.67. The summed E-state index contributed by atoms with van der Waals surface area (Å²) in [6.45, 7) is 3.92. The van der Waals surface area contributed by atoms with Gasteiger partial charge in [-0.05, 0) is 43.2 Å². The van der Waals surface area contributed by atoms with Crippen LogP contribution in [0.4, 0.5) is 11.5 Å². The fraction of sp³-hybridized carbons (Fsp3) is 0.150. The van der Waals surface area contributed by atoms with Gasteiger partial charge < -0.3 is 15.6 Å². The second-order valence-electron chi connectivity index (χ2n) is 6.53. The maximum atomic E-state index is 12.4. The van der Waals surface area contributed by atoms with Crippen molar-refractivity contribution in [2.75, 3.05) is 10.6 Å². The summed E-state index contributed by atoms with van der Waals surface area (Å²) in [6, 6.07) is 9.45. The number of hydrogen-bond donors (Lipinski definition) is 3. The molecule has 0 radical (unpaired) electrons. The van der Waals surface area contributed by atoms with Crippen LogP contribution < -0.4 is 10.6 Å². The van der Waals surface area contributed by atoms with Crippen molar-refractivity contribution >= 4 is 28.7 Å². The van der Waals surface area contributed by atoms with E-state index in [4.69, 9.17) is 0 Å². The van der Waals surface area contributed by atoms with Crippen LogP contribution in [0.1, 0.15) is 34.5 Å². The van der Waals surface area contributed by atoms with Crippen LogP contribution in [0.3, 0.4) is 0 Å². The van der Waals surface area contributed by atoms with Gasteiger partial charge in [0.1, 0.15) is 5.82 Å². The quantitative estimate of drug-likeness (QED) is 0.494. The Bertz CT molecular complexity index is 1140. The van der Waals surface area contributed by atoms with Gasteiger partial charge in [0.15, 0.2) is 11.3 Å². The van der Waals surface area contributed by atoms with Crippen LogP contribution >= 0.6 is 0 Å². The van der Waals surface area contributed by atoms with E-state index in [0.29, 0.717) is 28.4 Å². The summed E-state index contributed by atoms with van der Waals surface area (Å²) in [5.41, 5.74) is 4.40. The molecule has 0 aliphatic rings. The summed E-state index contributed by atoms with van der Waals surface area (Å²) in [7, 11) is 0. The van der Waals surface area contributed by atoms with Gasteiger partial charge in [-0.2, -0.15) is 0 Å². The lowest BCUT2D eigenvalue weighted by Crippen LogP contribution is -2.13. The van der Waals surface area contributed by atoms with Crippen LogP contribution in [-0.4, -0.2) is 30.8 Å². The molecule has 140 valence electrons. The lowest BCUT2D eigenvalue weighted by atomic mass is 10.1. The fourth-order valence-corrected chi connectivity index (χ4v) is 2.87. The zero-order chi connectivity index (χ0) is 19.5. The summed E-state index contributed by atoms with van der Waals surface area (Å²) >= 11 is 0. The Morgan fingerprint density at radius 1 is 1.14 bits per heavy atom. The van der Waals surface area contributed by atoms with Crippen LogP contribution in [0.15, 0.2) is 55.2 Å². The molecule has 0 aliphatic heterocycles. The van der Waals surface area contributed by atoms with Gasteiger partial charge in [0.05, 0.1) is 24.1 Å². The van der Waals surface area contributed by atoms with Crippen molar-refractivity contribution < 1.29 is 4.79 Å². The SMILES string of the molecule is Cc1cncc(C(=O)Nc2cccc([C@H](C)Nc3cnc4nc[nH]c4n3)c2)c1. The van der Waals surface area contributed by atoms with Gasteiger partial charge in [0, 0.05) is 18.1 Å². The number of pyridine rings is 1. The highest BCUT2D eigenvalue weighted by Crippen LogP contribution is 2.21. The fourth-order valence-electron chi connectivity index (χ4n) is 2.87. The van der Waals surface area contributed by atoms with Gasteiger partial charge in [0.2, 0.25) is 0 Å². The van der Waals surface area contributed by atoms with Crippen molar-refractivity contribution in [3.05, 3.63) is 71.9 Å². The van der Waals surface area contributed by atoms with E-state index in [-0.39, 0.29) is 11.9 Å². The Balaban J connectivity index is 1.48. The predicted octanol–water partition coefficient (Wildman–Crippen LogP) is 3.48. The smallest absolute Gasteiger partial charge is 0.257 e. The molecule has 3 aromatic heterocycles. The maximum absolute atomic E-state index is 12.4. The summed E-state index contributed by atoms with van der Waals surface area (Å²) < 4.78 is 0. The molecule has 8 nitrogen and oxygen atoms in total. The molecule has 0 aliphatic carbocycles. The number of aryl methyl sites for hydroxylation is 1. The minimum atomic E-state index is -0.190. The van der Waals surface area contributed by atoms with Gasteiger partial charge in [-0.25, -0.2) is 15.0 Å². The molecular weight excluding hydrogens is 354 g/mol. The van der Waals surface area contributed by atoms with Gasteiger partial charge in [-0.3, -0.25) is 9.78 Å². The van der Waals surface area contributed by atoms with Gasteiger partial charge in [-0.15, -0.1) is 0 Å². The van der Waals surface area contributed by atoms with Crippen molar-refractivity contribution in [1.82, 2.24) is 24.9 Å². The maximum Gasteiger partial charge on any atom is 0.257 e. The summed E-state index contributed by atoms with van der Waals surface area (Å²) in [4.78, 5) is 32.2. The molecule has 28 heavy (non-hydrogen) atoms. The van der Waals surface area contributed by atoms with E-state index >= 15 is 0 Å². The molecule has 1 amide bonds. The topological polar surface area (TPSA) is 108 Å². The van der Waals surface area contributed by atoms with Crippen LogP contribution in [0.5, 0.6) is 0 Å². The average molecular weight is 373 g/mol. The van der Waals surface area contributed by atoms with E-state index < -0.39 is 0 Å². The van der Waals surface area contributed by atoms with Crippen molar-refractivity contribution in [2.24, 2.45) is 0 Å². The molecule has 0 bridgehead atoms. The molecule has 8 heteroatoms. The number of fused-ring (bicyclic) bond motifs is 1. The standard InChI is InChI=1S/C20H19N7O/c1-12-6-15(9-21-8-12)20(28)26-16-5-3-4-14(7-16)13(2)25-17-10-22-18-19(27-17)24-11-23-18/h3-11,13H,1-2H3,(H,26,28)(H2,22,23,24,25,27)/t13-/m0/s1. The molecule has 4 rings (SSSR count). The van der Waals surface area contributed by atoms with E-state index in [0.717, 1.165) is 11.1 Å². The highest BCUT2D eigenvalue weighted by atomic mass is 16.1. The van der Waals surface area contributed by atoms with Crippen molar-refractivity contribution in [3.8, 4) is 0 Å². The van der Waals surface area contributed by atoms with Gasteiger partial charge in [0.25, 0.3) is 5.91 Å². The van der Waals surface area contributed by atoms with Crippen LogP contribution in [0.25, 0.3) is 11.3 Å². The first-order valence-corrected chi connectivity index (χ1v) is 8.84. The first-order valence-electron chi connectivity index (χ1n) is 8.84. The number of carbonyl (C=O) groups is 1. The Hall–Kier alpha value is -3.81. The molecule has 0 saturated heterocycles. The largest absolute Gasteiger partial charge is 0.362 e. The van der Waals surface area contributed by atoms with E-state index in [2.05, 4.69) is 35.6 Å². The molecular formula is C20H19N7O. The predicted molar refractivity (Wildman–Crippen MR) is 107 cm³/mol. The van der Waals surface area contributed by atoms with Crippen molar-refractivity contribution in [3.63, 3.8) is 0 Å². The minimum absolute atomic E-state index is 0.0350. The zero-order valence-electron chi connectivity index (χ0n) is 15.5. The first-order chi connectivity index (χ1) is 13.6. The van der Waals surface area contributed by atoms with Gasteiger partial charge >= 0.3 is 0 Å². The molecule has 3 N–H and O–H groups in total. The number of aromatic amines is 1. The third kappa shape index (κ3) is 3.80. The Morgan fingerprint density at radius 2 is 2.04 bits per heavy atom. The molecule has 0 spiro atoms. The number of nitrogens with zero attached hydrogens (tertiary/aromatic N) is 4. The summed E-state index contributed by atoms with van der Waals surface area (Å²) in [6.07, 6.45) is 6.48. The second kappa shape index (κ2) is 7.43. The Morgan fingerprint density at radius 3 is 2.89 bits per heavy atom. The number of anilines is 2. The molecule has 0 unspecified atom stereocenters. The zero-order valence-corrected chi connectivity index (χ0v) is 15.5. The summed E-state index contributed by atoms with van der Waals surface area (Å²) in [5.74, 6) is 0.453. The highest BCUT2D eigenvalue weighted by molar-refractivity contribution is 6.04. The second-order valence-corrected chi connectivity index (χ2v) is 6.53. The lowest BCUT2D eigenvalue weighted by molar-refractivity contribution is 0.102. The molecule has 1 aromatic carbocycles. The van der Waals surface area contributed by atoms with E-state index in [1.165, 1.54) is 0 Å². The van der Waals surface area contributed by atoms with Gasteiger partial charge in [-0.1, -0.05) is 12.1 Å². The third-order valence-electron chi connectivity index (χ3n) is 4.29. The number of aromatic nitrogens is 5. The number of carbonyl (C=O) groups excluding carboxylic acids is 1. The Labute approximate surface area is 161 Å². The highest BCUT2D eigenvalue weighted by Gasteiger charge is 2.11. The number of rotatable bonds is 5. The van der Waals surface area contributed by atoms with Crippen LogP contribution in [0, 0.1) is 6.92 Å². The number of imidazole rings is 1. The average Bonchev–Trinajstić information content (AvgIpc) is 3.16. The molecule has 1 atom stereocenters. The third-order valence-corrected chi connectivity index (χ3v) is 4.29. The molecule has 4 aromatic rings.